The maximum Gasteiger partial charge on any atom is 0.252 e. The molecule has 0 spiro atoms. The van der Waals surface area contributed by atoms with Gasteiger partial charge in [-0.3, -0.25) is 4.79 Å². The molecular formula is C23H25BrN2O3S. The first kappa shape index (κ1) is 21.3. The van der Waals surface area contributed by atoms with Gasteiger partial charge in [-0.05, 0) is 64.8 Å². The van der Waals surface area contributed by atoms with Crippen LogP contribution in [0.2, 0.25) is 0 Å². The Bertz CT molecular complexity index is 1230. The van der Waals surface area contributed by atoms with Gasteiger partial charge in [0, 0.05) is 22.6 Å². The van der Waals surface area contributed by atoms with Crippen molar-refractivity contribution in [3.8, 4) is 0 Å². The predicted molar refractivity (Wildman–Crippen MR) is 123 cm³/mol. The summed E-state index contributed by atoms with van der Waals surface area (Å²) in [4.78, 5) is 16.0. The van der Waals surface area contributed by atoms with Gasteiger partial charge in [0.15, 0.2) is 0 Å². The molecule has 30 heavy (non-hydrogen) atoms. The summed E-state index contributed by atoms with van der Waals surface area (Å²) in [6.07, 6.45) is 4.75. The predicted octanol–water partition coefficient (Wildman–Crippen LogP) is 5.12. The Kier molecular flexibility index (Phi) is 6.14. The lowest BCUT2D eigenvalue weighted by Gasteiger charge is -2.33. The van der Waals surface area contributed by atoms with Crippen molar-refractivity contribution in [2.45, 2.75) is 56.5 Å². The van der Waals surface area contributed by atoms with E-state index in [9.17, 15) is 13.2 Å². The van der Waals surface area contributed by atoms with Crippen molar-refractivity contribution in [2.75, 3.05) is 0 Å². The van der Waals surface area contributed by atoms with Crippen LogP contribution in [0.1, 0.15) is 43.2 Å². The number of aryl methyl sites for hydroxylation is 1. The Morgan fingerprint density at radius 1 is 1.07 bits per heavy atom. The minimum Gasteiger partial charge on any atom is -0.321 e. The summed E-state index contributed by atoms with van der Waals surface area (Å²) in [7, 11) is -3.77. The molecule has 1 heterocycles. The SMILES string of the molecule is Cc1cccc2cc(CN(C3CCCCC3)S(=O)(=O)c3ccccc3Br)c(=O)[nH]c12. The third-order valence-electron chi connectivity index (χ3n) is 5.90. The van der Waals surface area contributed by atoms with E-state index < -0.39 is 10.0 Å². The standard InChI is InChI=1S/C23H25BrN2O3S/c1-16-8-7-9-17-14-18(23(27)25-22(16)17)15-26(19-10-3-2-4-11-19)30(28,29)21-13-6-5-12-20(21)24/h5-9,12-14,19H,2-4,10-11,15H2,1H3,(H,25,27). The van der Waals surface area contributed by atoms with Gasteiger partial charge in [-0.25, -0.2) is 8.42 Å². The molecule has 1 saturated carbocycles. The molecule has 4 rings (SSSR count). The first-order valence-corrected chi connectivity index (χ1v) is 12.5. The smallest absolute Gasteiger partial charge is 0.252 e. The number of hydrogen-bond acceptors (Lipinski definition) is 3. The van der Waals surface area contributed by atoms with E-state index in [2.05, 4.69) is 20.9 Å². The highest BCUT2D eigenvalue weighted by atomic mass is 79.9. The van der Waals surface area contributed by atoms with E-state index in [1.54, 1.807) is 28.6 Å². The second-order valence-corrected chi connectivity index (χ2v) is 10.6. The number of nitrogens with zero attached hydrogens (tertiary/aromatic N) is 1. The molecule has 0 bridgehead atoms. The summed E-state index contributed by atoms with van der Waals surface area (Å²) in [6, 6.07) is 14.4. The molecule has 1 aliphatic carbocycles. The Hall–Kier alpha value is -1.96. The van der Waals surface area contributed by atoms with Crippen molar-refractivity contribution in [1.29, 1.82) is 0 Å². The van der Waals surface area contributed by atoms with Crippen LogP contribution in [0, 0.1) is 6.92 Å². The normalized spacial score (nSPS) is 15.7. The largest absolute Gasteiger partial charge is 0.321 e. The van der Waals surface area contributed by atoms with Crippen molar-refractivity contribution in [2.24, 2.45) is 0 Å². The molecule has 0 unspecified atom stereocenters. The first-order valence-electron chi connectivity index (χ1n) is 10.3. The molecule has 0 radical (unpaired) electrons. The minimum absolute atomic E-state index is 0.0630. The van der Waals surface area contributed by atoms with Gasteiger partial charge < -0.3 is 4.98 Å². The summed E-state index contributed by atoms with van der Waals surface area (Å²) in [5.41, 5.74) is 2.01. The zero-order valence-electron chi connectivity index (χ0n) is 16.9. The third-order valence-corrected chi connectivity index (χ3v) is 8.81. The molecule has 0 atom stereocenters. The number of pyridine rings is 1. The van der Waals surface area contributed by atoms with Crippen LogP contribution in [0.5, 0.6) is 0 Å². The van der Waals surface area contributed by atoms with Crippen molar-refractivity contribution in [3.63, 3.8) is 0 Å². The van der Waals surface area contributed by atoms with Crippen LogP contribution < -0.4 is 5.56 Å². The van der Waals surface area contributed by atoms with Crippen molar-refractivity contribution in [1.82, 2.24) is 9.29 Å². The van der Waals surface area contributed by atoms with Crippen molar-refractivity contribution in [3.05, 3.63) is 74.5 Å². The van der Waals surface area contributed by atoms with Crippen LogP contribution in [-0.4, -0.2) is 23.7 Å². The molecule has 1 aromatic heterocycles. The highest BCUT2D eigenvalue weighted by molar-refractivity contribution is 9.10. The van der Waals surface area contributed by atoms with E-state index in [-0.39, 0.29) is 23.0 Å². The highest BCUT2D eigenvalue weighted by Crippen LogP contribution is 2.32. The summed E-state index contributed by atoms with van der Waals surface area (Å²) < 4.78 is 29.4. The lowest BCUT2D eigenvalue weighted by molar-refractivity contribution is 0.247. The lowest BCUT2D eigenvalue weighted by atomic mass is 9.95. The minimum atomic E-state index is -3.77. The lowest BCUT2D eigenvalue weighted by Crippen LogP contribution is -2.42. The van der Waals surface area contributed by atoms with E-state index in [1.165, 1.54) is 0 Å². The average Bonchev–Trinajstić information content (AvgIpc) is 2.73. The Morgan fingerprint density at radius 3 is 2.53 bits per heavy atom. The van der Waals surface area contributed by atoms with E-state index >= 15 is 0 Å². The monoisotopic (exact) mass is 488 g/mol. The summed E-state index contributed by atoms with van der Waals surface area (Å²) in [5, 5.41) is 0.909. The van der Waals surface area contributed by atoms with Gasteiger partial charge in [-0.15, -0.1) is 0 Å². The Morgan fingerprint density at radius 2 is 1.80 bits per heavy atom. The number of fused-ring (bicyclic) bond motifs is 1. The molecular weight excluding hydrogens is 464 g/mol. The number of halogens is 1. The molecule has 7 heteroatoms. The van der Waals surface area contributed by atoms with E-state index in [1.807, 2.05) is 31.2 Å². The molecule has 3 aromatic rings. The number of hydrogen-bond donors (Lipinski definition) is 1. The highest BCUT2D eigenvalue weighted by Gasteiger charge is 2.34. The molecule has 0 aliphatic heterocycles. The Labute approximate surface area is 185 Å². The molecule has 0 amide bonds. The molecule has 158 valence electrons. The van der Waals surface area contributed by atoms with E-state index in [0.717, 1.165) is 48.6 Å². The van der Waals surface area contributed by atoms with Crippen LogP contribution >= 0.6 is 15.9 Å². The zero-order valence-corrected chi connectivity index (χ0v) is 19.3. The first-order chi connectivity index (χ1) is 14.4. The summed E-state index contributed by atoms with van der Waals surface area (Å²) in [6.45, 7) is 2.01. The van der Waals surface area contributed by atoms with Crippen LogP contribution in [0.25, 0.3) is 10.9 Å². The van der Waals surface area contributed by atoms with E-state index in [0.29, 0.717) is 10.0 Å². The van der Waals surface area contributed by atoms with Crippen LogP contribution in [0.3, 0.4) is 0 Å². The van der Waals surface area contributed by atoms with Gasteiger partial charge in [-0.1, -0.05) is 49.6 Å². The quantitative estimate of drug-likeness (QED) is 0.541. The molecule has 1 N–H and O–H groups in total. The number of rotatable bonds is 5. The second-order valence-electron chi connectivity index (χ2n) is 7.94. The van der Waals surface area contributed by atoms with Gasteiger partial charge in [0.2, 0.25) is 10.0 Å². The maximum absolute atomic E-state index is 13.7. The number of benzene rings is 2. The summed E-state index contributed by atoms with van der Waals surface area (Å²) >= 11 is 3.39. The van der Waals surface area contributed by atoms with Crippen molar-refractivity contribution >= 4 is 36.9 Å². The maximum atomic E-state index is 13.7. The number of para-hydroxylation sites is 1. The van der Waals surface area contributed by atoms with Gasteiger partial charge in [-0.2, -0.15) is 4.31 Å². The average molecular weight is 489 g/mol. The summed E-state index contributed by atoms with van der Waals surface area (Å²) in [5.74, 6) is 0. The van der Waals surface area contributed by atoms with Crippen LogP contribution in [0.4, 0.5) is 0 Å². The molecule has 1 aliphatic rings. The number of aromatic nitrogens is 1. The Balaban J connectivity index is 1.80. The second kappa shape index (κ2) is 8.65. The number of aromatic amines is 1. The fourth-order valence-corrected chi connectivity index (χ4v) is 6.90. The topological polar surface area (TPSA) is 70.2 Å². The molecule has 5 nitrogen and oxygen atoms in total. The number of sulfonamides is 1. The van der Waals surface area contributed by atoms with Gasteiger partial charge in [0.1, 0.15) is 0 Å². The van der Waals surface area contributed by atoms with E-state index in [4.69, 9.17) is 0 Å². The third kappa shape index (κ3) is 4.11. The fraction of sp³-hybridized carbons (Fsp3) is 0.348. The number of nitrogens with one attached hydrogen (secondary N) is 1. The number of H-pyrrole nitrogens is 1. The van der Waals surface area contributed by atoms with Gasteiger partial charge in [0.05, 0.1) is 10.4 Å². The van der Waals surface area contributed by atoms with Gasteiger partial charge >= 0.3 is 0 Å². The van der Waals surface area contributed by atoms with Crippen molar-refractivity contribution < 1.29 is 8.42 Å². The zero-order chi connectivity index (χ0) is 21.3. The van der Waals surface area contributed by atoms with Gasteiger partial charge in [0.25, 0.3) is 5.56 Å². The fourth-order valence-electron chi connectivity index (χ4n) is 4.27. The van der Waals surface area contributed by atoms with Crippen LogP contribution in [-0.2, 0) is 16.6 Å². The van der Waals surface area contributed by atoms with Crippen LogP contribution in [0.15, 0.2) is 62.7 Å². The molecule has 0 saturated heterocycles. The molecule has 2 aromatic carbocycles. The molecule has 1 fully saturated rings.